The second-order valence-corrected chi connectivity index (χ2v) is 5.51. The summed E-state index contributed by atoms with van der Waals surface area (Å²) in [5.74, 6) is 0.496. The first-order chi connectivity index (χ1) is 9.10. The van der Waals surface area contributed by atoms with Gasteiger partial charge in [-0.15, -0.1) is 0 Å². The van der Waals surface area contributed by atoms with E-state index in [0.717, 1.165) is 19.6 Å². The summed E-state index contributed by atoms with van der Waals surface area (Å²) in [7, 11) is 0. The molecule has 0 saturated heterocycles. The van der Waals surface area contributed by atoms with Crippen molar-refractivity contribution < 1.29 is 4.74 Å². The molecule has 0 aliphatic rings. The number of rotatable bonds is 8. The van der Waals surface area contributed by atoms with Crippen LogP contribution in [-0.4, -0.2) is 19.3 Å². The van der Waals surface area contributed by atoms with E-state index < -0.39 is 0 Å². The molecule has 0 amide bonds. The number of hydrogen-bond donors (Lipinski definition) is 1. The highest BCUT2D eigenvalue weighted by molar-refractivity contribution is 5.25. The van der Waals surface area contributed by atoms with Gasteiger partial charge in [-0.05, 0) is 38.3 Å². The van der Waals surface area contributed by atoms with Crippen molar-refractivity contribution in [3.63, 3.8) is 0 Å². The molecule has 0 spiro atoms. The van der Waals surface area contributed by atoms with Crippen molar-refractivity contribution in [2.45, 2.75) is 53.2 Å². The Labute approximate surface area is 118 Å². The van der Waals surface area contributed by atoms with E-state index >= 15 is 0 Å². The third-order valence-electron chi connectivity index (χ3n) is 3.40. The van der Waals surface area contributed by atoms with Crippen molar-refractivity contribution in [3.8, 4) is 0 Å². The van der Waals surface area contributed by atoms with Gasteiger partial charge in [0.25, 0.3) is 0 Å². The van der Waals surface area contributed by atoms with Crippen LogP contribution < -0.4 is 5.32 Å². The molecule has 1 N–H and O–H groups in total. The highest BCUT2D eigenvalue weighted by Gasteiger charge is 2.25. The van der Waals surface area contributed by atoms with Gasteiger partial charge >= 0.3 is 0 Å². The predicted molar refractivity (Wildman–Crippen MR) is 82.5 cm³/mol. The summed E-state index contributed by atoms with van der Waals surface area (Å²) in [5, 5.41) is 3.65. The maximum atomic E-state index is 5.98. The summed E-state index contributed by atoms with van der Waals surface area (Å²) in [6.45, 7) is 12.6. The standard InChI is InChI=1S/C17H29NO/c1-6-12-18-16(17(13(3)4)19-7-2)15-10-8-14(5)9-11-15/h8-11,13,16-18H,6-7,12H2,1-5H3. The number of aryl methyl sites for hydroxylation is 1. The molecule has 0 aliphatic carbocycles. The summed E-state index contributed by atoms with van der Waals surface area (Å²) in [5.41, 5.74) is 2.63. The van der Waals surface area contributed by atoms with Crippen molar-refractivity contribution in [3.05, 3.63) is 35.4 Å². The lowest BCUT2D eigenvalue weighted by molar-refractivity contribution is 0.00283. The SMILES string of the molecule is CCCNC(c1ccc(C)cc1)C(OCC)C(C)C. The maximum absolute atomic E-state index is 5.98. The minimum Gasteiger partial charge on any atom is -0.376 e. The minimum atomic E-state index is 0.222. The Morgan fingerprint density at radius 2 is 1.74 bits per heavy atom. The van der Waals surface area contributed by atoms with Gasteiger partial charge in [0, 0.05) is 6.61 Å². The van der Waals surface area contributed by atoms with Gasteiger partial charge in [-0.3, -0.25) is 0 Å². The van der Waals surface area contributed by atoms with Gasteiger partial charge in [0.05, 0.1) is 12.1 Å². The van der Waals surface area contributed by atoms with Crippen molar-refractivity contribution in [1.82, 2.24) is 5.32 Å². The molecular formula is C17H29NO. The van der Waals surface area contributed by atoms with E-state index in [4.69, 9.17) is 4.74 Å². The zero-order chi connectivity index (χ0) is 14.3. The van der Waals surface area contributed by atoms with E-state index in [0.29, 0.717) is 5.92 Å². The van der Waals surface area contributed by atoms with Crippen LogP contribution in [-0.2, 0) is 4.74 Å². The van der Waals surface area contributed by atoms with E-state index in [-0.39, 0.29) is 12.1 Å². The van der Waals surface area contributed by atoms with Crippen molar-refractivity contribution in [2.24, 2.45) is 5.92 Å². The molecule has 1 aromatic carbocycles. The molecule has 2 unspecified atom stereocenters. The second kappa shape index (κ2) is 8.34. The molecule has 0 aromatic heterocycles. The monoisotopic (exact) mass is 263 g/mol. The predicted octanol–water partition coefficient (Wildman–Crippen LogP) is 4.10. The zero-order valence-corrected chi connectivity index (χ0v) is 13.1. The molecule has 0 saturated carbocycles. The molecule has 0 aliphatic heterocycles. The fraction of sp³-hybridized carbons (Fsp3) is 0.647. The van der Waals surface area contributed by atoms with Crippen molar-refractivity contribution >= 4 is 0 Å². The molecule has 0 radical (unpaired) electrons. The van der Waals surface area contributed by atoms with Crippen LogP contribution in [0.25, 0.3) is 0 Å². The fourth-order valence-electron chi connectivity index (χ4n) is 2.36. The topological polar surface area (TPSA) is 21.3 Å². The molecule has 0 fully saturated rings. The third kappa shape index (κ3) is 4.96. The smallest absolute Gasteiger partial charge is 0.0792 e. The highest BCUT2D eigenvalue weighted by atomic mass is 16.5. The first-order valence-electron chi connectivity index (χ1n) is 7.51. The first kappa shape index (κ1) is 16.2. The van der Waals surface area contributed by atoms with Gasteiger partial charge in [-0.2, -0.15) is 0 Å². The van der Waals surface area contributed by atoms with E-state index in [1.54, 1.807) is 0 Å². The van der Waals surface area contributed by atoms with Crippen LogP contribution in [0.5, 0.6) is 0 Å². The van der Waals surface area contributed by atoms with E-state index in [1.165, 1.54) is 11.1 Å². The Balaban J connectivity index is 2.94. The Bertz CT molecular complexity index is 345. The zero-order valence-electron chi connectivity index (χ0n) is 13.1. The number of hydrogen-bond acceptors (Lipinski definition) is 2. The molecule has 2 nitrogen and oxygen atoms in total. The summed E-state index contributed by atoms with van der Waals surface area (Å²) < 4.78 is 5.98. The van der Waals surface area contributed by atoms with Gasteiger partial charge in [0.2, 0.25) is 0 Å². The van der Waals surface area contributed by atoms with Crippen LogP contribution in [0.2, 0.25) is 0 Å². The Kier molecular flexibility index (Phi) is 7.11. The Hall–Kier alpha value is -0.860. The molecule has 108 valence electrons. The lowest BCUT2D eigenvalue weighted by Gasteiger charge is -2.31. The minimum absolute atomic E-state index is 0.222. The third-order valence-corrected chi connectivity index (χ3v) is 3.40. The lowest BCUT2D eigenvalue weighted by Crippen LogP contribution is -2.37. The normalized spacial score (nSPS) is 14.6. The Morgan fingerprint density at radius 3 is 2.21 bits per heavy atom. The second-order valence-electron chi connectivity index (χ2n) is 5.51. The average molecular weight is 263 g/mol. The van der Waals surface area contributed by atoms with Gasteiger partial charge < -0.3 is 10.1 Å². The van der Waals surface area contributed by atoms with E-state index in [1.807, 2.05) is 0 Å². The van der Waals surface area contributed by atoms with E-state index in [2.05, 4.69) is 64.2 Å². The van der Waals surface area contributed by atoms with Gasteiger partial charge in [-0.1, -0.05) is 50.6 Å². The molecule has 1 rings (SSSR count). The van der Waals surface area contributed by atoms with Crippen LogP contribution in [0, 0.1) is 12.8 Å². The van der Waals surface area contributed by atoms with Gasteiger partial charge in [0.15, 0.2) is 0 Å². The average Bonchev–Trinajstić information content (AvgIpc) is 2.39. The van der Waals surface area contributed by atoms with E-state index in [9.17, 15) is 0 Å². The molecule has 19 heavy (non-hydrogen) atoms. The number of ether oxygens (including phenoxy) is 1. The molecule has 0 bridgehead atoms. The summed E-state index contributed by atoms with van der Waals surface area (Å²) in [4.78, 5) is 0. The number of benzene rings is 1. The largest absolute Gasteiger partial charge is 0.376 e. The van der Waals surface area contributed by atoms with Crippen LogP contribution >= 0.6 is 0 Å². The maximum Gasteiger partial charge on any atom is 0.0792 e. The first-order valence-corrected chi connectivity index (χ1v) is 7.51. The summed E-state index contributed by atoms with van der Waals surface area (Å²) >= 11 is 0. The summed E-state index contributed by atoms with van der Waals surface area (Å²) in [6, 6.07) is 9.08. The molecule has 1 aromatic rings. The summed E-state index contributed by atoms with van der Waals surface area (Å²) in [6.07, 6.45) is 1.36. The molecule has 2 heteroatoms. The lowest BCUT2D eigenvalue weighted by atomic mass is 9.92. The molecular weight excluding hydrogens is 234 g/mol. The molecule has 0 heterocycles. The number of nitrogens with one attached hydrogen (secondary N) is 1. The van der Waals surface area contributed by atoms with Crippen LogP contribution in [0.1, 0.15) is 51.3 Å². The van der Waals surface area contributed by atoms with Crippen LogP contribution in [0.4, 0.5) is 0 Å². The van der Waals surface area contributed by atoms with Crippen LogP contribution in [0.15, 0.2) is 24.3 Å². The highest BCUT2D eigenvalue weighted by Crippen LogP contribution is 2.25. The molecule has 2 atom stereocenters. The van der Waals surface area contributed by atoms with Crippen molar-refractivity contribution in [1.29, 1.82) is 0 Å². The van der Waals surface area contributed by atoms with Gasteiger partial charge in [0.1, 0.15) is 0 Å². The fourth-order valence-corrected chi connectivity index (χ4v) is 2.36. The quantitative estimate of drug-likeness (QED) is 0.762. The van der Waals surface area contributed by atoms with Crippen molar-refractivity contribution in [2.75, 3.05) is 13.2 Å². The Morgan fingerprint density at radius 1 is 1.11 bits per heavy atom. The van der Waals surface area contributed by atoms with Gasteiger partial charge in [-0.25, -0.2) is 0 Å². The van der Waals surface area contributed by atoms with Crippen LogP contribution in [0.3, 0.4) is 0 Å².